The molecule has 2 heterocycles. The molecule has 1 aromatic heterocycles. The van der Waals surface area contributed by atoms with E-state index in [1.807, 2.05) is 24.3 Å². The summed E-state index contributed by atoms with van der Waals surface area (Å²) >= 11 is 0. The molecule has 0 saturated carbocycles. The van der Waals surface area contributed by atoms with E-state index in [2.05, 4.69) is 5.10 Å². The molecule has 1 aliphatic rings. The third kappa shape index (κ3) is 3.22. The number of carbonyl (C=O) groups excluding carboxylic acids is 1. The topological polar surface area (TPSA) is 79.4 Å². The molecule has 2 N–H and O–H groups in total. The molecule has 122 valence electrons. The third-order valence-corrected chi connectivity index (χ3v) is 3.89. The number of aromatic nitrogens is 2. The summed E-state index contributed by atoms with van der Waals surface area (Å²) in [4.78, 5) is 12.3. The molecule has 1 saturated heterocycles. The van der Waals surface area contributed by atoms with Crippen molar-refractivity contribution in [3.8, 4) is 11.3 Å². The predicted octanol–water partition coefficient (Wildman–Crippen LogP) is 3.01. The minimum atomic E-state index is -0.394. The smallest absolute Gasteiger partial charge is 0.356 e. The van der Waals surface area contributed by atoms with Gasteiger partial charge in [-0.3, -0.25) is 0 Å². The standard InChI is InChI=1S/C17H21N3O3/c1-2-22-17(21)15-11-14(12-7-3-4-8-13(12)18)19-20(15)16-9-5-6-10-23-16/h3-4,7-8,11,16H,2,5-6,9-10,18H2,1H3. The molecule has 6 heteroatoms. The first-order valence-corrected chi connectivity index (χ1v) is 7.94. The Kier molecular flexibility index (Phi) is 4.62. The molecule has 1 atom stereocenters. The first-order valence-electron chi connectivity index (χ1n) is 7.94. The minimum Gasteiger partial charge on any atom is -0.461 e. The molecule has 6 nitrogen and oxygen atoms in total. The van der Waals surface area contributed by atoms with Crippen molar-refractivity contribution >= 4 is 11.7 Å². The predicted molar refractivity (Wildman–Crippen MR) is 86.9 cm³/mol. The average molecular weight is 315 g/mol. The number of hydrogen-bond donors (Lipinski definition) is 1. The molecule has 1 unspecified atom stereocenters. The summed E-state index contributed by atoms with van der Waals surface area (Å²) in [6.45, 7) is 2.78. The maximum absolute atomic E-state index is 12.3. The van der Waals surface area contributed by atoms with Crippen molar-refractivity contribution in [1.82, 2.24) is 9.78 Å². The van der Waals surface area contributed by atoms with Crippen molar-refractivity contribution < 1.29 is 14.3 Å². The lowest BCUT2D eigenvalue weighted by Gasteiger charge is -2.24. The van der Waals surface area contributed by atoms with Crippen LogP contribution in [0.2, 0.25) is 0 Å². The van der Waals surface area contributed by atoms with Crippen LogP contribution in [0.4, 0.5) is 5.69 Å². The van der Waals surface area contributed by atoms with Crippen LogP contribution in [-0.4, -0.2) is 29.0 Å². The molecule has 1 fully saturated rings. The zero-order valence-corrected chi connectivity index (χ0v) is 13.2. The number of hydrogen-bond acceptors (Lipinski definition) is 5. The Bertz CT molecular complexity index is 690. The highest BCUT2D eigenvalue weighted by molar-refractivity contribution is 5.89. The molecule has 0 bridgehead atoms. The number of ether oxygens (including phenoxy) is 2. The molecule has 0 spiro atoms. The van der Waals surface area contributed by atoms with Crippen LogP contribution in [-0.2, 0) is 9.47 Å². The van der Waals surface area contributed by atoms with Crippen molar-refractivity contribution in [3.05, 3.63) is 36.0 Å². The number of benzene rings is 1. The van der Waals surface area contributed by atoms with Gasteiger partial charge in [-0.25, -0.2) is 9.48 Å². The summed E-state index contributed by atoms with van der Waals surface area (Å²) in [5, 5.41) is 4.58. The summed E-state index contributed by atoms with van der Waals surface area (Å²) in [7, 11) is 0. The Morgan fingerprint density at radius 2 is 2.26 bits per heavy atom. The highest BCUT2D eigenvalue weighted by Crippen LogP contribution is 2.29. The normalized spacial score (nSPS) is 17.9. The zero-order valence-electron chi connectivity index (χ0n) is 13.2. The fourth-order valence-corrected chi connectivity index (χ4v) is 2.75. The molecular formula is C17H21N3O3. The van der Waals surface area contributed by atoms with Crippen LogP contribution in [0.1, 0.15) is 42.9 Å². The van der Waals surface area contributed by atoms with Crippen molar-refractivity contribution in [1.29, 1.82) is 0 Å². The first kappa shape index (κ1) is 15.6. The van der Waals surface area contributed by atoms with Crippen LogP contribution in [0, 0.1) is 0 Å². The molecule has 0 radical (unpaired) electrons. The number of nitrogen functional groups attached to an aromatic ring is 1. The zero-order chi connectivity index (χ0) is 16.2. The van der Waals surface area contributed by atoms with E-state index in [0.717, 1.165) is 24.8 Å². The number of esters is 1. The van der Waals surface area contributed by atoms with Crippen molar-refractivity contribution in [2.24, 2.45) is 0 Å². The Morgan fingerprint density at radius 3 is 2.96 bits per heavy atom. The van der Waals surface area contributed by atoms with Crippen LogP contribution in [0.15, 0.2) is 30.3 Å². The Morgan fingerprint density at radius 1 is 1.43 bits per heavy atom. The van der Waals surface area contributed by atoms with Gasteiger partial charge in [-0.05, 0) is 38.3 Å². The van der Waals surface area contributed by atoms with Crippen LogP contribution < -0.4 is 5.73 Å². The van der Waals surface area contributed by atoms with Gasteiger partial charge in [0.05, 0.1) is 12.3 Å². The van der Waals surface area contributed by atoms with Gasteiger partial charge in [0.2, 0.25) is 0 Å². The third-order valence-electron chi connectivity index (χ3n) is 3.89. The van der Waals surface area contributed by atoms with E-state index in [9.17, 15) is 4.79 Å². The van der Waals surface area contributed by atoms with E-state index >= 15 is 0 Å². The molecule has 0 aliphatic carbocycles. The van der Waals surface area contributed by atoms with Gasteiger partial charge in [-0.1, -0.05) is 18.2 Å². The Hall–Kier alpha value is -2.34. The molecule has 3 rings (SSSR count). The van der Waals surface area contributed by atoms with Crippen molar-refractivity contribution in [2.45, 2.75) is 32.4 Å². The highest BCUT2D eigenvalue weighted by Gasteiger charge is 2.25. The van der Waals surface area contributed by atoms with E-state index in [1.54, 1.807) is 17.7 Å². The largest absolute Gasteiger partial charge is 0.461 e. The first-order chi connectivity index (χ1) is 11.2. The highest BCUT2D eigenvalue weighted by atomic mass is 16.5. The lowest BCUT2D eigenvalue weighted by atomic mass is 10.1. The lowest BCUT2D eigenvalue weighted by molar-refractivity contribution is -0.0415. The summed E-state index contributed by atoms with van der Waals surface area (Å²) in [5.41, 5.74) is 8.50. The van der Waals surface area contributed by atoms with Gasteiger partial charge in [0.1, 0.15) is 5.69 Å². The number of nitrogens with two attached hydrogens (primary N) is 1. The fraction of sp³-hybridized carbons (Fsp3) is 0.412. The van der Waals surface area contributed by atoms with Gasteiger partial charge >= 0.3 is 5.97 Å². The number of anilines is 1. The molecule has 2 aromatic rings. The maximum atomic E-state index is 12.3. The van der Waals surface area contributed by atoms with E-state index in [-0.39, 0.29) is 6.23 Å². The maximum Gasteiger partial charge on any atom is 0.356 e. The van der Waals surface area contributed by atoms with Crippen LogP contribution in [0.25, 0.3) is 11.3 Å². The summed E-state index contributed by atoms with van der Waals surface area (Å²) < 4.78 is 12.6. The Balaban J connectivity index is 2.02. The SMILES string of the molecule is CCOC(=O)c1cc(-c2ccccc2N)nn1C1CCCCO1. The number of para-hydroxylation sites is 1. The quantitative estimate of drug-likeness (QED) is 0.693. The van der Waals surface area contributed by atoms with Crippen molar-refractivity contribution in [3.63, 3.8) is 0 Å². The van der Waals surface area contributed by atoms with Crippen molar-refractivity contribution in [2.75, 3.05) is 18.9 Å². The second-order valence-corrected chi connectivity index (χ2v) is 5.49. The van der Waals surface area contributed by atoms with E-state index in [4.69, 9.17) is 15.2 Å². The monoisotopic (exact) mass is 315 g/mol. The van der Waals surface area contributed by atoms with Gasteiger partial charge in [0.15, 0.2) is 6.23 Å². The number of carbonyl (C=O) groups is 1. The molecular weight excluding hydrogens is 294 g/mol. The second-order valence-electron chi connectivity index (χ2n) is 5.49. The summed E-state index contributed by atoms with van der Waals surface area (Å²) in [6, 6.07) is 9.19. The molecule has 1 aromatic carbocycles. The van der Waals surface area contributed by atoms with E-state index in [1.165, 1.54) is 0 Å². The van der Waals surface area contributed by atoms with Crippen LogP contribution >= 0.6 is 0 Å². The van der Waals surface area contributed by atoms with Gasteiger partial charge in [0.25, 0.3) is 0 Å². The number of nitrogens with zero attached hydrogens (tertiary/aromatic N) is 2. The van der Waals surface area contributed by atoms with Crippen LogP contribution in [0.3, 0.4) is 0 Å². The summed E-state index contributed by atoms with van der Waals surface area (Å²) in [5.74, 6) is -0.394. The Labute approximate surface area is 135 Å². The molecule has 0 amide bonds. The second kappa shape index (κ2) is 6.83. The average Bonchev–Trinajstić information content (AvgIpc) is 3.01. The lowest BCUT2D eigenvalue weighted by Crippen LogP contribution is -2.23. The van der Waals surface area contributed by atoms with Crippen LogP contribution in [0.5, 0.6) is 0 Å². The van der Waals surface area contributed by atoms with Gasteiger partial charge in [0, 0.05) is 17.9 Å². The molecule has 23 heavy (non-hydrogen) atoms. The van der Waals surface area contributed by atoms with Gasteiger partial charge in [-0.2, -0.15) is 5.10 Å². The van der Waals surface area contributed by atoms with E-state index < -0.39 is 5.97 Å². The van der Waals surface area contributed by atoms with E-state index in [0.29, 0.717) is 30.3 Å². The fourth-order valence-electron chi connectivity index (χ4n) is 2.75. The summed E-state index contributed by atoms with van der Waals surface area (Å²) in [6.07, 6.45) is 2.68. The number of rotatable bonds is 4. The van der Waals surface area contributed by atoms with Gasteiger partial charge < -0.3 is 15.2 Å². The minimum absolute atomic E-state index is 0.234. The van der Waals surface area contributed by atoms with Gasteiger partial charge in [-0.15, -0.1) is 0 Å². The molecule has 1 aliphatic heterocycles.